The second-order valence-corrected chi connectivity index (χ2v) is 4.45. The molecule has 0 aromatic heterocycles. The first-order chi connectivity index (χ1) is 8.75. The van der Waals surface area contributed by atoms with Crippen LogP contribution in [0.5, 0.6) is 0 Å². The van der Waals surface area contributed by atoms with Gasteiger partial charge in [0, 0.05) is 11.3 Å². The Kier molecular flexibility index (Phi) is 2.67. The lowest BCUT2D eigenvalue weighted by Crippen LogP contribution is -2.10. The van der Waals surface area contributed by atoms with Crippen molar-refractivity contribution in [1.29, 1.82) is 0 Å². The van der Waals surface area contributed by atoms with Crippen molar-refractivity contribution in [3.63, 3.8) is 0 Å². The molecule has 1 aromatic carbocycles. The number of carbonyl (C=O) groups excluding carboxylic acids is 1. The molecule has 0 bridgehead atoms. The Labute approximate surface area is 107 Å². The van der Waals surface area contributed by atoms with Gasteiger partial charge in [0.05, 0.1) is 5.70 Å². The van der Waals surface area contributed by atoms with Crippen molar-refractivity contribution >= 4 is 25.2 Å². The summed E-state index contributed by atoms with van der Waals surface area (Å²) in [5.41, 5.74) is 3.88. The molecule has 1 N–H and O–H groups in total. The number of ketones is 1. The molecule has 3 rings (SSSR count). The van der Waals surface area contributed by atoms with Crippen LogP contribution in [0.1, 0.15) is 18.4 Å². The van der Waals surface area contributed by atoms with Crippen LogP contribution in [0.2, 0.25) is 0 Å². The molecule has 2 radical (unpaired) electrons. The lowest BCUT2D eigenvalue weighted by Gasteiger charge is -2.04. The van der Waals surface area contributed by atoms with Gasteiger partial charge in [0.2, 0.25) is 5.78 Å². The minimum Gasteiger partial charge on any atom is -0.352 e. The highest BCUT2D eigenvalue weighted by Gasteiger charge is 2.28. The molecule has 1 fully saturated rings. The molecule has 0 amide bonds. The lowest BCUT2D eigenvalue weighted by atomic mass is 9.90. The molecule has 0 unspecified atom stereocenters. The van der Waals surface area contributed by atoms with Gasteiger partial charge in [-0.2, -0.15) is 0 Å². The summed E-state index contributed by atoms with van der Waals surface area (Å²) in [6.45, 7) is 0. The van der Waals surface area contributed by atoms with Crippen molar-refractivity contribution < 1.29 is 4.79 Å². The van der Waals surface area contributed by atoms with Gasteiger partial charge in [0.25, 0.3) is 0 Å². The minimum atomic E-state index is 0.0594. The summed E-state index contributed by atoms with van der Waals surface area (Å²) in [6, 6.07) is 7.53. The normalized spacial score (nSPS) is 20.2. The number of Topliss-reactive ketones (excluding diaryl/α,β-unsaturated/α-hetero) is 1. The average Bonchev–Trinajstić information content (AvgIpc) is 2.70. The Morgan fingerprint density at radius 2 is 1.94 bits per heavy atom. The number of carbonyl (C=O) groups is 1. The quantitative estimate of drug-likeness (QED) is 0.589. The van der Waals surface area contributed by atoms with Crippen LogP contribution in [0.15, 0.2) is 53.4 Å². The predicted octanol–water partition coefficient (Wildman–Crippen LogP) is 1.60. The number of allylic oxidation sites excluding steroid dienone is 4. The topological polar surface area (TPSA) is 29.1 Å². The minimum absolute atomic E-state index is 0.0594. The van der Waals surface area contributed by atoms with Gasteiger partial charge in [-0.15, -0.1) is 0 Å². The summed E-state index contributed by atoms with van der Waals surface area (Å²) < 4.78 is 0. The Hall–Kier alpha value is -2.03. The van der Waals surface area contributed by atoms with Gasteiger partial charge >= 0.3 is 0 Å². The van der Waals surface area contributed by atoms with E-state index in [1.54, 1.807) is 0 Å². The second-order valence-electron chi connectivity index (χ2n) is 4.45. The first kappa shape index (κ1) is 11.1. The van der Waals surface area contributed by atoms with Gasteiger partial charge in [0.1, 0.15) is 7.85 Å². The largest absolute Gasteiger partial charge is 0.352 e. The monoisotopic (exact) mass is 233 g/mol. The van der Waals surface area contributed by atoms with E-state index in [9.17, 15) is 4.79 Å². The van der Waals surface area contributed by atoms with E-state index in [1.165, 1.54) is 0 Å². The van der Waals surface area contributed by atoms with Gasteiger partial charge < -0.3 is 5.32 Å². The van der Waals surface area contributed by atoms with Gasteiger partial charge in [-0.3, -0.25) is 4.79 Å². The maximum atomic E-state index is 12.2. The zero-order valence-corrected chi connectivity index (χ0v) is 9.94. The molecular formula is C15H12BNO. The number of hydrogen-bond donors (Lipinski definition) is 1. The first-order valence-corrected chi connectivity index (χ1v) is 6.04. The van der Waals surface area contributed by atoms with Crippen molar-refractivity contribution in [2.75, 3.05) is 0 Å². The maximum absolute atomic E-state index is 12.2. The molecule has 86 valence electrons. The van der Waals surface area contributed by atoms with E-state index in [1.807, 2.05) is 36.4 Å². The van der Waals surface area contributed by atoms with Crippen LogP contribution in [-0.4, -0.2) is 13.6 Å². The summed E-state index contributed by atoms with van der Waals surface area (Å²) in [5, 5.41) is 3.17. The second kappa shape index (κ2) is 4.33. The highest BCUT2D eigenvalue weighted by molar-refractivity contribution is 6.34. The highest BCUT2D eigenvalue weighted by Crippen LogP contribution is 2.27. The molecule has 2 nitrogen and oxygen atoms in total. The van der Waals surface area contributed by atoms with E-state index >= 15 is 0 Å². The molecule has 0 saturated carbocycles. The molecule has 0 spiro atoms. The highest BCUT2D eigenvalue weighted by atomic mass is 16.1. The average molecular weight is 233 g/mol. The zero-order chi connectivity index (χ0) is 12.5. The van der Waals surface area contributed by atoms with Crippen molar-refractivity contribution in [3.8, 4) is 0 Å². The van der Waals surface area contributed by atoms with Crippen molar-refractivity contribution in [2.24, 2.45) is 0 Å². The third-order valence-corrected chi connectivity index (χ3v) is 3.21. The smallest absolute Gasteiger partial charge is 0.210 e. The molecule has 1 aliphatic carbocycles. The Balaban J connectivity index is 2.00. The molecule has 1 aromatic rings. The van der Waals surface area contributed by atoms with Crippen LogP contribution in [0.3, 0.4) is 0 Å². The molecule has 1 aliphatic heterocycles. The van der Waals surface area contributed by atoms with Crippen LogP contribution < -0.4 is 10.8 Å². The van der Waals surface area contributed by atoms with Crippen LogP contribution in [-0.2, 0) is 4.79 Å². The summed E-state index contributed by atoms with van der Waals surface area (Å²) in [4.78, 5) is 12.2. The van der Waals surface area contributed by atoms with Gasteiger partial charge in [0.15, 0.2) is 0 Å². The molecular weight excluding hydrogens is 221 g/mol. The van der Waals surface area contributed by atoms with Crippen molar-refractivity contribution in [3.05, 3.63) is 58.9 Å². The first-order valence-electron chi connectivity index (χ1n) is 6.04. The molecule has 2 aliphatic rings. The fourth-order valence-corrected chi connectivity index (χ4v) is 2.26. The molecule has 3 heteroatoms. The number of rotatable bonds is 1. The lowest BCUT2D eigenvalue weighted by molar-refractivity contribution is -0.111. The van der Waals surface area contributed by atoms with Crippen molar-refractivity contribution in [2.45, 2.75) is 12.8 Å². The number of hydrogen-bond acceptors (Lipinski definition) is 2. The van der Waals surface area contributed by atoms with E-state index < -0.39 is 0 Å². The van der Waals surface area contributed by atoms with Crippen LogP contribution in [0.4, 0.5) is 0 Å². The maximum Gasteiger partial charge on any atom is 0.210 e. The molecule has 18 heavy (non-hydrogen) atoms. The van der Waals surface area contributed by atoms with Gasteiger partial charge in [-0.05, 0) is 24.5 Å². The van der Waals surface area contributed by atoms with Crippen LogP contribution in [0.25, 0.3) is 6.08 Å². The van der Waals surface area contributed by atoms with E-state index in [4.69, 9.17) is 7.85 Å². The summed E-state index contributed by atoms with van der Waals surface area (Å²) >= 11 is 0. The molecule has 0 atom stereocenters. The van der Waals surface area contributed by atoms with Crippen molar-refractivity contribution in [1.82, 2.24) is 5.32 Å². The van der Waals surface area contributed by atoms with E-state index in [2.05, 4.69) is 11.4 Å². The fourth-order valence-electron chi connectivity index (χ4n) is 2.26. The number of fused-ring (bicyclic) bond motifs is 1. The Bertz CT molecular complexity index is 611. The van der Waals surface area contributed by atoms with Crippen LogP contribution >= 0.6 is 0 Å². The van der Waals surface area contributed by atoms with E-state index in [-0.39, 0.29) is 5.78 Å². The predicted molar refractivity (Wildman–Crippen MR) is 73.3 cm³/mol. The van der Waals surface area contributed by atoms with E-state index in [0.29, 0.717) is 11.2 Å². The SMILES string of the molecule is [B]c1ccccc1/C=C1\NC2=CCCC=C2C1=O. The molecule has 1 heterocycles. The summed E-state index contributed by atoms with van der Waals surface area (Å²) in [5.74, 6) is 0.0594. The van der Waals surface area contributed by atoms with Crippen LogP contribution in [0, 0.1) is 0 Å². The standard InChI is InChI=1S/C15H12BNO/c16-12-7-3-1-5-10(12)9-14-15(18)11-6-2-4-8-13(11)17-14/h1,3,5-9,17H,2,4H2/b14-9-. The van der Waals surface area contributed by atoms with E-state index in [0.717, 1.165) is 29.7 Å². The van der Waals surface area contributed by atoms with Gasteiger partial charge in [-0.1, -0.05) is 41.9 Å². The number of nitrogens with one attached hydrogen (secondary N) is 1. The zero-order valence-electron chi connectivity index (χ0n) is 9.94. The third-order valence-electron chi connectivity index (χ3n) is 3.21. The Morgan fingerprint density at radius 3 is 2.72 bits per heavy atom. The summed E-state index contributed by atoms with van der Waals surface area (Å²) in [7, 11) is 5.88. The van der Waals surface area contributed by atoms with Gasteiger partial charge in [-0.25, -0.2) is 0 Å². The Morgan fingerprint density at radius 1 is 1.17 bits per heavy atom. The summed E-state index contributed by atoms with van der Waals surface area (Å²) in [6.07, 6.45) is 7.81. The fraction of sp³-hybridized carbons (Fsp3) is 0.133. The molecule has 1 saturated heterocycles. The third kappa shape index (κ3) is 1.82. The number of benzene rings is 1.